The van der Waals surface area contributed by atoms with Gasteiger partial charge in [-0.05, 0) is 25.0 Å². The number of rotatable bonds is 3. The molecular weight excluding hydrogens is 308 g/mol. The van der Waals surface area contributed by atoms with Gasteiger partial charge >= 0.3 is 0 Å². The molecule has 1 aliphatic heterocycles. The van der Waals surface area contributed by atoms with Crippen LogP contribution in [0.2, 0.25) is 0 Å². The Labute approximate surface area is 139 Å². The molecule has 2 N–H and O–H groups in total. The van der Waals surface area contributed by atoms with Gasteiger partial charge < -0.3 is 15.3 Å². The standard InChI is InChI=1S/C17H20N4O3/c1-18-14(22)10-17(24)6-3-9-21(11-17)16(23)12-4-2-5-13-15(12)20-8-7-19-13/h2,4-5,7-8,24H,3,6,9-11H2,1H3,(H,18,22). The Balaban J connectivity index is 1.85. The molecule has 1 atom stereocenters. The fraction of sp³-hybridized carbons (Fsp3) is 0.412. The quantitative estimate of drug-likeness (QED) is 0.866. The summed E-state index contributed by atoms with van der Waals surface area (Å²) in [4.78, 5) is 34.6. The summed E-state index contributed by atoms with van der Waals surface area (Å²) >= 11 is 0. The van der Waals surface area contributed by atoms with Crippen molar-refractivity contribution in [1.29, 1.82) is 0 Å². The Morgan fingerprint density at radius 1 is 1.33 bits per heavy atom. The van der Waals surface area contributed by atoms with E-state index in [0.717, 1.165) is 0 Å². The van der Waals surface area contributed by atoms with Crippen LogP contribution in [0.1, 0.15) is 29.6 Å². The highest BCUT2D eigenvalue weighted by Gasteiger charge is 2.37. The van der Waals surface area contributed by atoms with Gasteiger partial charge in [-0.25, -0.2) is 0 Å². The lowest BCUT2D eigenvalue weighted by Gasteiger charge is -2.38. The zero-order valence-corrected chi connectivity index (χ0v) is 13.5. The van der Waals surface area contributed by atoms with E-state index in [1.54, 1.807) is 35.5 Å². The summed E-state index contributed by atoms with van der Waals surface area (Å²) in [6, 6.07) is 5.29. The van der Waals surface area contributed by atoms with E-state index < -0.39 is 5.60 Å². The maximum Gasteiger partial charge on any atom is 0.256 e. The predicted octanol–water partition coefficient (Wildman–Crippen LogP) is 0.733. The number of likely N-dealkylation sites (tertiary alicyclic amines) is 1. The summed E-state index contributed by atoms with van der Waals surface area (Å²) < 4.78 is 0. The smallest absolute Gasteiger partial charge is 0.256 e. The molecule has 1 aromatic carbocycles. The van der Waals surface area contributed by atoms with Gasteiger partial charge in [-0.15, -0.1) is 0 Å². The van der Waals surface area contributed by atoms with Gasteiger partial charge in [-0.1, -0.05) is 6.07 Å². The highest BCUT2D eigenvalue weighted by molar-refractivity contribution is 6.04. The van der Waals surface area contributed by atoms with Crippen molar-refractivity contribution in [3.05, 3.63) is 36.2 Å². The number of fused-ring (bicyclic) bond motifs is 1. The Morgan fingerprint density at radius 3 is 2.92 bits per heavy atom. The zero-order chi connectivity index (χ0) is 17.2. The Kier molecular flexibility index (Phi) is 4.44. The van der Waals surface area contributed by atoms with Crippen LogP contribution in [0.5, 0.6) is 0 Å². The van der Waals surface area contributed by atoms with Gasteiger partial charge in [0.1, 0.15) is 5.52 Å². The maximum atomic E-state index is 12.9. The first-order chi connectivity index (χ1) is 11.5. The van der Waals surface area contributed by atoms with Gasteiger partial charge in [-0.3, -0.25) is 19.6 Å². The van der Waals surface area contributed by atoms with Crippen LogP contribution in [-0.4, -0.2) is 57.5 Å². The molecule has 1 unspecified atom stereocenters. The molecule has 0 saturated carbocycles. The molecule has 7 heteroatoms. The van der Waals surface area contributed by atoms with Gasteiger partial charge in [0, 0.05) is 26.0 Å². The molecule has 2 aromatic rings. The lowest BCUT2D eigenvalue weighted by molar-refractivity contribution is -0.127. The predicted molar refractivity (Wildman–Crippen MR) is 88.3 cm³/mol. The SMILES string of the molecule is CNC(=O)CC1(O)CCCN(C(=O)c2cccc3nccnc23)C1. The number of piperidine rings is 1. The average molecular weight is 328 g/mol. The molecule has 126 valence electrons. The number of nitrogens with zero attached hydrogens (tertiary/aromatic N) is 3. The number of aliphatic hydroxyl groups is 1. The minimum absolute atomic E-state index is 0.0113. The third-order valence-corrected chi connectivity index (χ3v) is 4.34. The van der Waals surface area contributed by atoms with Crippen molar-refractivity contribution < 1.29 is 14.7 Å². The van der Waals surface area contributed by atoms with Crippen LogP contribution in [0.3, 0.4) is 0 Å². The van der Waals surface area contributed by atoms with E-state index in [1.165, 1.54) is 7.05 Å². The number of amides is 2. The number of β-amino-alcohol motifs (C(OH)–C–C–N with tert-alkyl or cyclic N) is 1. The number of carbonyl (C=O) groups excluding carboxylic acids is 2. The molecule has 1 aromatic heterocycles. The van der Waals surface area contributed by atoms with E-state index in [0.29, 0.717) is 36.0 Å². The van der Waals surface area contributed by atoms with E-state index in [2.05, 4.69) is 15.3 Å². The lowest BCUT2D eigenvalue weighted by Crippen LogP contribution is -2.52. The van der Waals surface area contributed by atoms with Crippen LogP contribution in [0, 0.1) is 0 Å². The molecule has 1 saturated heterocycles. The van der Waals surface area contributed by atoms with Crippen LogP contribution in [0.4, 0.5) is 0 Å². The Bertz CT molecular complexity index is 774. The number of benzene rings is 1. The fourth-order valence-corrected chi connectivity index (χ4v) is 3.15. The number of hydrogen-bond donors (Lipinski definition) is 2. The first-order valence-corrected chi connectivity index (χ1v) is 7.94. The second kappa shape index (κ2) is 6.52. The van der Waals surface area contributed by atoms with Gasteiger partial charge in [-0.2, -0.15) is 0 Å². The fourth-order valence-electron chi connectivity index (χ4n) is 3.15. The summed E-state index contributed by atoms with van der Waals surface area (Å²) in [5.74, 6) is -0.432. The Hall–Kier alpha value is -2.54. The average Bonchev–Trinajstić information content (AvgIpc) is 2.60. The number of nitrogens with one attached hydrogen (secondary N) is 1. The van der Waals surface area contributed by atoms with E-state index in [9.17, 15) is 14.7 Å². The maximum absolute atomic E-state index is 12.9. The highest BCUT2D eigenvalue weighted by atomic mass is 16.3. The highest BCUT2D eigenvalue weighted by Crippen LogP contribution is 2.26. The van der Waals surface area contributed by atoms with Gasteiger partial charge in [0.25, 0.3) is 5.91 Å². The molecule has 1 fully saturated rings. The van der Waals surface area contributed by atoms with Gasteiger partial charge in [0.05, 0.1) is 29.6 Å². The van der Waals surface area contributed by atoms with Crippen molar-refractivity contribution in [2.45, 2.75) is 24.9 Å². The molecule has 2 heterocycles. The monoisotopic (exact) mass is 328 g/mol. The topological polar surface area (TPSA) is 95.4 Å². The summed E-state index contributed by atoms with van der Waals surface area (Å²) in [7, 11) is 1.53. The van der Waals surface area contributed by atoms with Crippen molar-refractivity contribution >= 4 is 22.8 Å². The third kappa shape index (κ3) is 3.21. The van der Waals surface area contributed by atoms with Gasteiger partial charge in [0.2, 0.25) is 5.91 Å². The second-order valence-corrected chi connectivity index (χ2v) is 6.13. The molecule has 0 radical (unpaired) electrons. The molecule has 24 heavy (non-hydrogen) atoms. The lowest BCUT2D eigenvalue weighted by atomic mass is 9.89. The first kappa shape index (κ1) is 16.3. The summed E-state index contributed by atoms with van der Waals surface area (Å²) in [6.45, 7) is 0.682. The normalized spacial score (nSPS) is 20.8. The van der Waals surface area contributed by atoms with Crippen LogP contribution >= 0.6 is 0 Å². The van der Waals surface area contributed by atoms with E-state index in [4.69, 9.17) is 0 Å². The van der Waals surface area contributed by atoms with Gasteiger partial charge in [0.15, 0.2) is 0 Å². The summed E-state index contributed by atoms with van der Waals surface area (Å²) in [5, 5.41) is 13.2. The largest absolute Gasteiger partial charge is 0.388 e. The van der Waals surface area contributed by atoms with Crippen LogP contribution in [0.25, 0.3) is 11.0 Å². The third-order valence-electron chi connectivity index (χ3n) is 4.34. The molecule has 1 aliphatic rings. The molecule has 0 bridgehead atoms. The van der Waals surface area contributed by atoms with E-state index in [-0.39, 0.29) is 24.8 Å². The molecule has 2 amide bonds. The number of hydrogen-bond acceptors (Lipinski definition) is 5. The number of aromatic nitrogens is 2. The summed E-state index contributed by atoms with van der Waals surface area (Å²) in [6.07, 6.45) is 4.27. The first-order valence-electron chi connectivity index (χ1n) is 7.94. The second-order valence-electron chi connectivity index (χ2n) is 6.13. The summed E-state index contributed by atoms with van der Waals surface area (Å²) in [5.41, 5.74) is 0.473. The van der Waals surface area contributed by atoms with Crippen LogP contribution < -0.4 is 5.32 Å². The van der Waals surface area contributed by atoms with Crippen molar-refractivity contribution in [2.24, 2.45) is 0 Å². The Morgan fingerprint density at radius 2 is 2.12 bits per heavy atom. The van der Waals surface area contributed by atoms with Crippen molar-refractivity contribution in [3.63, 3.8) is 0 Å². The number of carbonyl (C=O) groups is 2. The van der Waals surface area contributed by atoms with E-state index >= 15 is 0 Å². The molecular formula is C17H20N4O3. The van der Waals surface area contributed by atoms with Crippen molar-refractivity contribution in [3.8, 4) is 0 Å². The minimum Gasteiger partial charge on any atom is -0.388 e. The van der Waals surface area contributed by atoms with Crippen LogP contribution in [0.15, 0.2) is 30.6 Å². The van der Waals surface area contributed by atoms with E-state index in [1.807, 2.05) is 0 Å². The minimum atomic E-state index is -1.19. The van der Waals surface area contributed by atoms with Crippen molar-refractivity contribution in [2.75, 3.05) is 20.1 Å². The number of para-hydroxylation sites is 1. The molecule has 0 spiro atoms. The molecule has 0 aliphatic carbocycles. The zero-order valence-electron chi connectivity index (χ0n) is 13.5. The molecule has 7 nitrogen and oxygen atoms in total. The van der Waals surface area contributed by atoms with Crippen molar-refractivity contribution in [1.82, 2.24) is 20.2 Å². The molecule has 3 rings (SSSR count). The van der Waals surface area contributed by atoms with Crippen LogP contribution in [-0.2, 0) is 4.79 Å².